The highest BCUT2D eigenvalue weighted by atomic mass is 35.5. The Hall–Kier alpha value is -0.580. The first-order valence-electron chi connectivity index (χ1n) is 3.86. The molecule has 1 heterocycles. The molecule has 2 nitrogen and oxygen atoms in total. The minimum atomic E-state index is -3.10. The van der Waals surface area contributed by atoms with Crippen LogP contribution in [0.4, 0.5) is 0 Å². The summed E-state index contributed by atoms with van der Waals surface area (Å²) in [6, 6.07) is 7.01. The summed E-state index contributed by atoms with van der Waals surface area (Å²) in [4.78, 5) is 0. The molecule has 0 aliphatic heterocycles. The molecule has 1 aromatic heterocycles. The molecular formula is C9H7ClO2S2. The van der Waals surface area contributed by atoms with Gasteiger partial charge in [-0.1, -0.05) is 11.6 Å². The molecule has 14 heavy (non-hydrogen) atoms. The van der Waals surface area contributed by atoms with Gasteiger partial charge in [0.25, 0.3) is 0 Å². The number of sulfone groups is 1. The van der Waals surface area contributed by atoms with E-state index in [0.29, 0.717) is 9.23 Å². The number of thiophene rings is 1. The largest absolute Gasteiger partial charge is 0.223 e. The van der Waals surface area contributed by atoms with Crippen LogP contribution >= 0.6 is 22.9 Å². The van der Waals surface area contributed by atoms with Crippen molar-refractivity contribution in [3.63, 3.8) is 0 Å². The smallest absolute Gasteiger partial charge is 0.184 e. The van der Waals surface area contributed by atoms with Crippen molar-refractivity contribution in [3.8, 4) is 0 Å². The molecule has 0 spiro atoms. The Bertz CT molecular complexity index is 584. The van der Waals surface area contributed by atoms with E-state index in [-0.39, 0.29) is 0 Å². The first-order chi connectivity index (χ1) is 6.47. The van der Waals surface area contributed by atoms with Crippen LogP contribution in [0.5, 0.6) is 0 Å². The highest BCUT2D eigenvalue weighted by Gasteiger charge is 2.11. The lowest BCUT2D eigenvalue weighted by Crippen LogP contribution is -1.91. The predicted octanol–water partition coefficient (Wildman–Crippen LogP) is 2.96. The molecule has 5 heteroatoms. The van der Waals surface area contributed by atoms with Gasteiger partial charge in [0.05, 0.1) is 0 Å². The maximum absolute atomic E-state index is 11.3. The van der Waals surface area contributed by atoms with Gasteiger partial charge in [0.15, 0.2) is 9.84 Å². The van der Waals surface area contributed by atoms with Gasteiger partial charge in [-0.2, -0.15) is 0 Å². The molecular weight excluding hydrogens is 240 g/mol. The van der Waals surface area contributed by atoms with Gasteiger partial charge >= 0.3 is 0 Å². The molecule has 0 aliphatic carbocycles. The van der Waals surface area contributed by atoms with Crippen LogP contribution in [-0.4, -0.2) is 14.7 Å². The van der Waals surface area contributed by atoms with Gasteiger partial charge in [0.1, 0.15) is 4.21 Å². The Balaban J connectivity index is 2.75. The molecule has 1 aromatic carbocycles. The van der Waals surface area contributed by atoms with Crippen molar-refractivity contribution in [1.82, 2.24) is 0 Å². The van der Waals surface area contributed by atoms with Crippen molar-refractivity contribution < 1.29 is 8.42 Å². The Morgan fingerprint density at radius 2 is 2.00 bits per heavy atom. The minimum absolute atomic E-state index is 0.384. The Kier molecular flexibility index (Phi) is 2.29. The Labute approximate surface area is 91.0 Å². The van der Waals surface area contributed by atoms with Gasteiger partial charge in [-0.3, -0.25) is 0 Å². The molecule has 0 saturated carbocycles. The lowest BCUT2D eigenvalue weighted by molar-refractivity contribution is 0.604. The fourth-order valence-corrected chi connectivity index (χ4v) is 3.34. The zero-order valence-corrected chi connectivity index (χ0v) is 9.71. The van der Waals surface area contributed by atoms with E-state index in [1.807, 2.05) is 6.07 Å². The monoisotopic (exact) mass is 246 g/mol. The van der Waals surface area contributed by atoms with Crippen LogP contribution in [0.3, 0.4) is 0 Å². The van der Waals surface area contributed by atoms with E-state index in [9.17, 15) is 8.42 Å². The molecule has 2 aromatic rings. The minimum Gasteiger partial charge on any atom is -0.223 e. The third kappa shape index (κ3) is 1.78. The zero-order chi connectivity index (χ0) is 10.3. The van der Waals surface area contributed by atoms with Crippen LogP contribution in [0.1, 0.15) is 0 Å². The highest BCUT2D eigenvalue weighted by molar-refractivity contribution is 7.92. The first-order valence-corrected chi connectivity index (χ1v) is 6.94. The molecule has 74 valence electrons. The predicted molar refractivity (Wildman–Crippen MR) is 59.9 cm³/mol. The molecule has 0 bridgehead atoms. The van der Waals surface area contributed by atoms with Gasteiger partial charge in [-0.05, 0) is 29.7 Å². The van der Waals surface area contributed by atoms with Crippen molar-refractivity contribution in [2.75, 3.05) is 6.26 Å². The van der Waals surface area contributed by atoms with Crippen molar-refractivity contribution in [2.45, 2.75) is 4.21 Å². The molecule has 0 atom stereocenters. The third-order valence-corrected chi connectivity index (χ3v) is 4.97. The topological polar surface area (TPSA) is 34.1 Å². The Morgan fingerprint density at radius 1 is 1.29 bits per heavy atom. The normalized spacial score (nSPS) is 12.1. The lowest BCUT2D eigenvalue weighted by atomic mass is 10.3. The van der Waals surface area contributed by atoms with Crippen LogP contribution in [0.2, 0.25) is 5.02 Å². The van der Waals surface area contributed by atoms with Crippen molar-refractivity contribution in [1.29, 1.82) is 0 Å². The van der Waals surface area contributed by atoms with Gasteiger partial charge in [0, 0.05) is 16.0 Å². The van der Waals surface area contributed by atoms with E-state index in [0.717, 1.165) is 10.1 Å². The standard InChI is InChI=1S/C9H7ClO2S2/c1-14(11,12)9-5-6-4-7(10)2-3-8(6)13-9/h2-5H,1H3. The fraction of sp³-hybridized carbons (Fsp3) is 0.111. The second kappa shape index (κ2) is 3.22. The van der Waals surface area contributed by atoms with E-state index in [4.69, 9.17) is 11.6 Å². The molecule has 0 unspecified atom stereocenters. The number of halogens is 1. The Morgan fingerprint density at radius 3 is 2.64 bits per heavy atom. The van der Waals surface area contributed by atoms with Crippen LogP contribution < -0.4 is 0 Å². The van der Waals surface area contributed by atoms with Crippen LogP contribution in [0, 0.1) is 0 Å². The van der Waals surface area contributed by atoms with Gasteiger partial charge in [-0.15, -0.1) is 11.3 Å². The van der Waals surface area contributed by atoms with E-state index in [1.165, 1.54) is 17.6 Å². The van der Waals surface area contributed by atoms with Crippen molar-refractivity contribution in [2.24, 2.45) is 0 Å². The number of hydrogen-bond acceptors (Lipinski definition) is 3. The van der Waals surface area contributed by atoms with Crippen LogP contribution in [-0.2, 0) is 9.84 Å². The number of rotatable bonds is 1. The van der Waals surface area contributed by atoms with E-state index >= 15 is 0 Å². The quantitative estimate of drug-likeness (QED) is 0.775. The van der Waals surface area contributed by atoms with E-state index in [2.05, 4.69) is 0 Å². The van der Waals surface area contributed by atoms with Gasteiger partial charge in [0.2, 0.25) is 0 Å². The van der Waals surface area contributed by atoms with Gasteiger partial charge in [-0.25, -0.2) is 8.42 Å². The number of hydrogen-bond donors (Lipinski definition) is 0. The van der Waals surface area contributed by atoms with E-state index < -0.39 is 9.84 Å². The molecule has 0 aliphatic rings. The highest BCUT2D eigenvalue weighted by Crippen LogP contribution is 2.30. The molecule has 0 amide bonds. The SMILES string of the molecule is CS(=O)(=O)c1cc2cc(Cl)ccc2s1. The average Bonchev–Trinajstić information content (AvgIpc) is 2.45. The summed E-state index contributed by atoms with van der Waals surface area (Å²) in [5.74, 6) is 0. The summed E-state index contributed by atoms with van der Waals surface area (Å²) < 4.78 is 23.9. The summed E-state index contributed by atoms with van der Waals surface area (Å²) in [5, 5.41) is 1.50. The summed E-state index contributed by atoms with van der Waals surface area (Å²) in [6.07, 6.45) is 1.21. The average molecular weight is 247 g/mol. The maximum Gasteiger partial charge on any atom is 0.184 e. The summed E-state index contributed by atoms with van der Waals surface area (Å²) in [5.41, 5.74) is 0. The second-order valence-corrected chi connectivity index (χ2v) is 6.78. The summed E-state index contributed by atoms with van der Waals surface area (Å²) in [6.45, 7) is 0. The molecule has 0 saturated heterocycles. The molecule has 0 N–H and O–H groups in total. The first kappa shape index (κ1) is 9.96. The zero-order valence-electron chi connectivity index (χ0n) is 7.32. The van der Waals surface area contributed by atoms with Crippen molar-refractivity contribution >= 4 is 42.9 Å². The molecule has 2 rings (SSSR count). The second-order valence-electron chi connectivity index (χ2n) is 3.02. The van der Waals surface area contributed by atoms with E-state index in [1.54, 1.807) is 18.2 Å². The third-order valence-electron chi connectivity index (χ3n) is 1.82. The van der Waals surface area contributed by atoms with Gasteiger partial charge < -0.3 is 0 Å². The molecule has 0 fully saturated rings. The summed E-state index contributed by atoms with van der Waals surface area (Å²) in [7, 11) is -3.10. The number of fused-ring (bicyclic) bond motifs is 1. The van der Waals surface area contributed by atoms with Crippen LogP contribution in [0.25, 0.3) is 10.1 Å². The number of benzene rings is 1. The molecule has 0 radical (unpaired) electrons. The maximum atomic E-state index is 11.3. The van der Waals surface area contributed by atoms with Crippen molar-refractivity contribution in [3.05, 3.63) is 29.3 Å². The lowest BCUT2D eigenvalue weighted by Gasteiger charge is -1.87. The fourth-order valence-electron chi connectivity index (χ4n) is 1.17. The summed E-state index contributed by atoms with van der Waals surface area (Å²) >= 11 is 7.06. The van der Waals surface area contributed by atoms with Crippen LogP contribution in [0.15, 0.2) is 28.5 Å².